The fourth-order valence-corrected chi connectivity index (χ4v) is 1.88. The Hall–Kier alpha value is -2.97. The van der Waals surface area contributed by atoms with Crippen molar-refractivity contribution < 1.29 is 18.7 Å². The maximum Gasteiger partial charge on any atom is 0.412 e. The van der Waals surface area contributed by atoms with Gasteiger partial charge in [0.1, 0.15) is 12.4 Å². The first-order valence-electron chi connectivity index (χ1n) is 7.42. The van der Waals surface area contributed by atoms with E-state index in [0.717, 1.165) is 10.4 Å². The topological polar surface area (TPSA) is 98.1 Å². The van der Waals surface area contributed by atoms with E-state index in [2.05, 4.69) is 20.8 Å². The van der Waals surface area contributed by atoms with Crippen LogP contribution >= 0.6 is 0 Å². The van der Waals surface area contributed by atoms with Gasteiger partial charge in [-0.05, 0) is 31.0 Å². The molecule has 0 bridgehead atoms. The van der Waals surface area contributed by atoms with E-state index in [0.29, 0.717) is 13.0 Å². The van der Waals surface area contributed by atoms with Crippen LogP contribution in [0.15, 0.2) is 30.5 Å². The average Bonchev–Trinajstić information content (AvgIpc) is 2.96. The van der Waals surface area contributed by atoms with Crippen LogP contribution in [0.25, 0.3) is 0 Å². The SMILES string of the molecule is CCOC(=O)Nc1cnn(CC(=O)NCCc2ccc(F)cc2)n1. The Bertz CT molecular complexity index is 687. The smallest absolute Gasteiger partial charge is 0.412 e. The molecule has 0 saturated carbocycles. The predicted octanol–water partition coefficient (Wildman–Crippen LogP) is 1.34. The number of nitrogens with zero attached hydrogens (tertiary/aromatic N) is 3. The van der Waals surface area contributed by atoms with Crippen molar-refractivity contribution in [2.24, 2.45) is 0 Å². The lowest BCUT2D eigenvalue weighted by Crippen LogP contribution is -2.30. The van der Waals surface area contributed by atoms with Crippen molar-refractivity contribution in [1.82, 2.24) is 20.3 Å². The summed E-state index contributed by atoms with van der Waals surface area (Å²) in [6.07, 6.45) is 1.28. The van der Waals surface area contributed by atoms with Crippen molar-refractivity contribution in [3.05, 3.63) is 41.8 Å². The van der Waals surface area contributed by atoms with Crippen molar-refractivity contribution in [2.75, 3.05) is 18.5 Å². The van der Waals surface area contributed by atoms with Gasteiger partial charge in [0.05, 0.1) is 12.8 Å². The van der Waals surface area contributed by atoms with Crippen molar-refractivity contribution in [2.45, 2.75) is 19.9 Å². The van der Waals surface area contributed by atoms with Gasteiger partial charge in [0.2, 0.25) is 5.91 Å². The molecule has 0 fully saturated rings. The lowest BCUT2D eigenvalue weighted by atomic mass is 10.1. The monoisotopic (exact) mass is 335 g/mol. The molecular formula is C15H18FN5O3. The fraction of sp³-hybridized carbons (Fsp3) is 0.333. The zero-order valence-electron chi connectivity index (χ0n) is 13.2. The van der Waals surface area contributed by atoms with E-state index in [4.69, 9.17) is 4.74 Å². The molecule has 0 aliphatic rings. The lowest BCUT2D eigenvalue weighted by Gasteiger charge is -2.05. The minimum Gasteiger partial charge on any atom is -0.450 e. The number of halogens is 1. The quantitative estimate of drug-likeness (QED) is 0.796. The van der Waals surface area contributed by atoms with Gasteiger partial charge in [-0.15, -0.1) is 5.10 Å². The van der Waals surface area contributed by atoms with Crippen LogP contribution in [0.2, 0.25) is 0 Å². The molecule has 0 atom stereocenters. The minimum atomic E-state index is -0.631. The molecule has 0 spiro atoms. The Kier molecular flexibility index (Phi) is 6.23. The highest BCUT2D eigenvalue weighted by Gasteiger charge is 2.08. The second-order valence-electron chi connectivity index (χ2n) is 4.83. The van der Waals surface area contributed by atoms with Crippen LogP contribution in [-0.2, 0) is 22.5 Å². The molecule has 8 nitrogen and oxygen atoms in total. The number of nitrogens with one attached hydrogen (secondary N) is 2. The number of benzene rings is 1. The zero-order chi connectivity index (χ0) is 17.4. The van der Waals surface area contributed by atoms with Crippen molar-refractivity contribution in [1.29, 1.82) is 0 Å². The van der Waals surface area contributed by atoms with Crippen molar-refractivity contribution >= 4 is 17.8 Å². The van der Waals surface area contributed by atoms with E-state index in [9.17, 15) is 14.0 Å². The normalized spacial score (nSPS) is 10.2. The maximum atomic E-state index is 12.8. The Labute approximate surface area is 138 Å². The third kappa shape index (κ3) is 5.67. The molecule has 0 saturated heterocycles. The molecule has 24 heavy (non-hydrogen) atoms. The number of aromatic nitrogens is 3. The Balaban J connectivity index is 1.73. The molecule has 0 unspecified atom stereocenters. The summed E-state index contributed by atoms with van der Waals surface area (Å²) >= 11 is 0. The first-order valence-corrected chi connectivity index (χ1v) is 7.42. The number of carbonyl (C=O) groups excluding carboxylic acids is 2. The number of hydrogen-bond acceptors (Lipinski definition) is 5. The Morgan fingerprint density at radius 1 is 1.29 bits per heavy atom. The molecule has 128 valence electrons. The van der Waals surface area contributed by atoms with Gasteiger partial charge in [-0.1, -0.05) is 12.1 Å². The lowest BCUT2D eigenvalue weighted by molar-refractivity contribution is -0.122. The number of ether oxygens (including phenoxy) is 1. The molecule has 1 aromatic heterocycles. The number of amides is 2. The standard InChI is InChI=1S/C15H18FN5O3/c1-2-24-15(23)19-13-9-18-21(20-13)10-14(22)17-8-7-11-3-5-12(16)6-4-11/h3-6,9H,2,7-8,10H2,1H3,(H,17,22)(H,19,20,23). The average molecular weight is 335 g/mol. The van der Waals surface area contributed by atoms with E-state index in [-0.39, 0.29) is 30.7 Å². The zero-order valence-corrected chi connectivity index (χ0v) is 13.2. The highest BCUT2D eigenvalue weighted by atomic mass is 19.1. The molecule has 9 heteroatoms. The highest BCUT2D eigenvalue weighted by molar-refractivity contribution is 5.83. The summed E-state index contributed by atoms with van der Waals surface area (Å²) in [6, 6.07) is 6.10. The molecule has 2 N–H and O–H groups in total. The van der Waals surface area contributed by atoms with Crippen LogP contribution in [0.3, 0.4) is 0 Å². The van der Waals surface area contributed by atoms with Crippen LogP contribution in [0.1, 0.15) is 12.5 Å². The predicted molar refractivity (Wildman–Crippen MR) is 83.8 cm³/mol. The molecule has 0 aliphatic heterocycles. The Morgan fingerprint density at radius 2 is 2.04 bits per heavy atom. The first-order chi connectivity index (χ1) is 11.6. The molecule has 0 radical (unpaired) electrons. The van der Waals surface area contributed by atoms with Gasteiger partial charge in [-0.25, -0.2) is 9.18 Å². The number of hydrogen-bond donors (Lipinski definition) is 2. The second-order valence-corrected chi connectivity index (χ2v) is 4.83. The molecule has 1 aromatic carbocycles. The van der Waals surface area contributed by atoms with E-state index in [1.165, 1.54) is 18.3 Å². The Morgan fingerprint density at radius 3 is 2.75 bits per heavy atom. The van der Waals surface area contributed by atoms with Crippen molar-refractivity contribution in [3.8, 4) is 0 Å². The summed E-state index contributed by atoms with van der Waals surface area (Å²) in [5.74, 6) is -0.359. The third-order valence-corrected chi connectivity index (χ3v) is 2.98. The van der Waals surface area contributed by atoms with Gasteiger partial charge in [0.25, 0.3) is 0 Å². The largest absolute Gasteiger partial charge is 0.450 e. The summed E-state index contributed by atoms with van der Waals surface area (Å²) in [5.41, 5.74) is 0.926. The van der Waals surface area contributed by atoms with Gasteiger partial charge >= 0.3 is 6.09 Å². The minimum absolute atomic E-state index is 0.0755. The van der Waals surface area contributed by atoms with Crippen LogP contribution < -0.4 is 10.6 Å². The van der Waals surface area contributed by atoms with Gasteiger partial charge in [0.15, 0.2) is 5.82 Å². The molecule has 1 heterocycles. The molecule has 2 aromatic rings. The molecule has 2 rings (SSSR count). The van der Waals surface area contributed by atoms with Crippen LogP contribution in [0.5, 0.6) is 0 Å². The number of rotatable bonds is 7. The van der Waals surface area contributed by atoms with E-state index in [1.54, 1.807) is 19.1 Å². The first kappa shape index (κ1) is 17.4. The third-order valence-electron chi connectivity index (χ3n) is 2.98. The van der Waals surface area contributed by atoms with E-state index < -0.39 is 6.09 Å². The number of carbonyl (C=O) groups is 2. The highest BCUT2D eigenvalue weighted by Crippen LogP contribution is 2.03. The fourth-order valence-electron chi connectivity index (χ4n) is 1.88. The van der Waals surface area contributed by atoms with E-state index >= 15 is 0 Å². The van der Waals surface area contributed by atoms with Gasteiger partial charge in [0, 0.05) is 6.54 Å². The van der Waals surface area contributed by atoms with Crippen LogP contribution in [-0.4, -0.2) is 40.1 Å². The van der Waals surface area contributed by atoms with Crippen LogP contribution in [0.4, 0.5) is 15.0 Å². The molecule has 0 aliphatic carbocycles. The van der Waals surface area contributed by atoms with Gasteiger partial charge in [-0.3, -0.25) is 10.1 Å². The summed E-state index contributed by atoms with van der Waals surface area (Å²) in [5, 5.41) is 12.9. The van der Waals surface area contributed by atoms with Gasteiger partial charge in [-0.2, -0.15) is 9.90 Å². The van der Waals surface area contributed by atoms with E-state index in [1.807, 2.05) is 0 Å². The van der Waals surface area contributed by atoms with Crippen molar-refractivity contribution in [3.63, 3.8) is 0 Å². The summed E-state index contributed by atoms with van der Waals surface area (Å²) in [4.78, 5) is 24.2. The molecular weight excluding hydrogens is 317 g/mol. The molecule has 2 amide bonds. The van der Waals surface area contributed by atoms with Gasteiger partial charge < -0.3 is 10.1 Å². The van der Waals surface area contributed by atoms with Crippen LogP contribution in [0, 0.1) is 5.82 Å². The summed E-state index contributed by atoms with van der Waals surface area (Å²) in [7, 11) is 0. The summed E-state index contributed by atoms with van der Waals surface area (Å²) in [6.45, 7) is 2.27. The number of anilines is 1. The summed E-state index contributed by atoms with van der Waals surface area (Å²) < 4.78 is 17.5. The maximum absolute atomic E-state index is 12.8. The second kappa shape index (κ2) is 8.61.